The van der Waals surface area contributed by atoms with Gasteiger partial charge in [0.2, 0.25) is 5.91 Å². The average molecular weight is 461 g/mol. The first-order chi connectivity index (χ1) is 9.61. The van der Waals surface area contributed by atoms with Crippen LogP contribution in [-0.4, -0.2) is 23.6 Å². The van der Waals surface area contributed by atoms with Crippen molar-refractivity contribution in [3.63, 3.8) is 0 Å². The second kappa shape index (κ2) is 5.92. The van der Waals surface area contributed by atoms with Crippen LogP contribution in [0.4, 0.5) is 15.0 Å². The molecular formula is C13H12FN4O2Re-. The number of benzene rings is 1. The molecule has 1 radical (unpaired) electrons. The molecule has 2 aromatic rings. The molecule has 0 spiro atoms. The minimum Gasteiger partial charge on any atom is -0.571 e. The molecule has 1 aromatic heterocycles. The van der Waals surface area contributed by atoms with Gasteiger partial charge in [-0.2, -0.15) is 0 Å². The van der Waals surface area contributed by atoms with E-state index < -0.39 is 11.8 Å². The number of halogens is 1. The van der Waals surface area contributed by atoms with Gasteiger partial charge in [0.15, 0.2) is 0 Å². The number of imide groups is 1. The normalized spacial score (nSPS) is 15.0. The Morgan fingerprint density at radius 3 is 2.86 bits per heavy atom. The predicted molar refractivity (Wildman–Crippen MR) is 69.9 cm³/mol. The summed E-state index contributed by atoms with van der Waals surface area (Å²) in [5.74, 6) is -0.446. The molecule has 0 saturated carbocycles. The van der Waals surface area contributed by atoms with Gasteiger partial charge in [0.25, 0.3) is 0 Å². The molecule has 0 bridgehead atoms. The van der Waals surface area contributed by atoms with Crippen LogP contribution in [0, 0.1) is 5.82 Å². The van der Waals surface area contributed by atoms with Gasteiger partial charge in [0.1, 0.15) is 11.6 Å². The number of nitrogens with one attached hydrogen (secondary N) is 1. The first-order valence-corrected chi connectivity index (χ1v) is 6.33. The maximum atomic E-state index is 14.1. The number of hydrogen-bond acceptors (Lipinski definition) is 3. The van der Waals surface area contributed by atoms with Gasteiger partial charge in [-0.15, -0.1) is 0 Å². The van der Waals surface area contributed by atoms with E-state index in [9.17, 15) is 14.0 Å². The molecule has 6 nitrogen and oxygen atoms in total. The number of carbonyl (C=O) groups is 2. The smallest absolute Gasteiger partial charge is 0.329 e. The molecule has 0 atom stereocenters. The third kappa shape index (κ3) is 2.57. The van der Waals surface area contributed by atoms with Crippen LogP contribution in [0.1, 0.15) is 18.9 Å². The fourth-order valence-electron chi connectivity index (χ4n) is 2.27. The van der Waals surface area contributed by atoms with E-state index in [0.717, 1.165) is 0 Å². The van der Waals surface area contributed by atoms with Crippen LogP contribution in [0.5, 0.6) is 0 Å². The Hall–Kier alpha value is -1.78. The van der Waals surface area contributed by atoms with Crippen molar-refractivity contribution < 1.29 is 34.4 Å². The zero-order valence-corrected chi connectivity index (χ0v) is 13.9. The Morgan fingerprint density at radius 2 is 2.19 bits per heavy atom. The minimum atomic E-state index is -0.553. The summed E-state index contributed by atoms with van der Waals surface area (Å²) in [5, 5.41) is 10.4. The number of urea groups is 1. The Kier molecular flexibility index (Phi) is 4.40. The maximum absolute atomic E-state index is 14.1. The van der Waals surface area contributed by atoms with Crippen molar-refractivity contribution in [2.24, 2.45) is 0 Å². The molecule has 3 rings (SSSR count). The predicted octanol–water partition coefficient (Wildman–Crippen LogP) is 1.34. The van der Waals surface area contributed by atoms with Crippen molar-refractivity contribution >= 4 is 28.7 Å². The number of anilines is 1. The van der Waals surface area contributed by atoms with Crippen LogP contribution in [0.25, 0.3) is 10.9 Å². The Labute approximate surface area is 133 Å². The van der Waals surface area contributed by atoms with Gasteiger partial charge in [-0.3, -0.25) is 15.0 Å². The van der Waals surface area contributed by atoms with Crippen molar-refractivity contribution in [3.8, 4) is 0 Å². The summed E-state index contributed by atoms with van der Waals surface area (Å²) in [7, 11) is 0. The van der Waals surface area contributed by atoms with Crippen molar-refractivity contribution in [1.29, 1.82) is 0 Å². The summed E-state index contributed by atoms with van der Waals surface area (Å²) < 4.78 is 14.1. The molecule has 3 amide bonds. The van der Waals surface area contributed by atoms with Crippen LogP contribution >= 0.6 is 0 Å². The van der Waals surface area contributed by atoms with E-state index >= 15 is 0 Å². The van der Waals surface area contributed by atoms with Crippen molar-refractivity contribution in [2.75, 3.05) is 11.4 Å². The number of carbonyl (C=O) groups excluding carboxylic acids is 2. The standard InChI is InChI=1S/C13H13FN4O2.Re/c1-2-7-3-4-8-11(10(7)14)16-17-12(8)18-6-5-9(19)15-13(18)20;/h3-4H,2,5-6H2,1H3,(H2,15,16,17,19,20);/p-1. The molecule has 1 saturated heterocycles. The van der Waals surface area contributed by atoms with E-state index in [1.165, 1.54) is 4.90 Å². The number of rotatable bonds is 2. The molecule has 1 fully saturated rings. The summed E-state index contributed by atoms with van der Waals surface area (Å²) in [5.41, 5.74) is 0.714. The number of nitrogens with zero attached hydrogens (tertiary/aromatic N) is 3. The third-order valence-corrected chi connectivity index (χ3v) is 3.37. The van der Waals surface area contributed by atoms with Gasteiger partial charge in [-0.1, -0.05) is 24.6 Å². The van der Waals surface area contributed by atoms with Crippen LogP contribution in [-0.2, 0) is 31.6 Å². The van der Waals surface area contributed by atoms with Crippen molar-refractivity contribution in [1.82, 2.24) is 15.5 Å². The molecule has 0 unspecified atom stereocenters. The fraction of sp³-hybridized carbons (Fsp3) is 0.308. The summed E-state index contributed by atoms with van der Waals surface area (Å²) in [4.78, 5) is 24.2. The topological polar surface area (TPSA) is 76.4 Å². The molecule has 0 aliphatic carbocycles. The fourth-order valence-corrected chi connectivity index (χ4v) is 2.27. The number of aryl methyl sites for hydroxylation is 1. The molecular weight excluding hydrogens is 449 g/mol. The van der Waals surface area contributed by atoms with Crippen LogP contribution in [0.3, 0.4) is 0 Å². The zero-order chi connectivity index (χ0) is 14.3. The van der Waals surface area contributed by atoms with E-state index in [2.05, 4.69) is 15.5 Å². The number of fused-ring (bicyclic) bond motifs is 1. The van der Waals surface area contributed by atoms with Gasteiger partial charge in [0.05, 0.1) is 0 Å². The van der Waals surface area contributed by atoms with Crippen molar-refractivity contribution in [3.05, 3.63) is 23.5 Å². The van der Waals surface area contributed by atoms with E-state index in [1.807, 2.05) is 6.92 Å². The molecule has 2 heterocycles. The average Bonchev–Trinajstić information content (AvgIpc) is 2.84. The Bertz CT molecular complexity index is 716. The first-order valence-electron chi connectivity index (χ1n) is 6.33. The SMILES string of the molecule is CCc1ccc2c(N3CCC(=O)NC3=O)n[n-]c2c1F.[Re]. The third-order valence-electron chi connectivity index (χ3n) is 3.37. The van der Waals surface area contributed by atoms with Gasteiger partial charge < -0.3 is 10.2 Å². The van der Waals surface area contributed by atoms with E-state index in [-0.39, 0.29) is 50.6 Å². The van der Waals surface area contributed by atoms with E-state index in [0.29, 0.717) is 17.4 Å². The zero-order valence-electron chi connectivity index (χ0n) is 11.2. The molecule has 21 heavy (non-hydrogen) atoms. The molecule has 1 N–H and O–H groups in total. The van der Waals surface area contributed by atoms with Crippen LogP contribution in [0.15, 0.2) is 12.1 Å². The number of aromatic nitrogens is 2. The molecule has 1 aromatic carbocycles. The number of amides is 3. The van der Waals surface area contributed by atoms with Crippen molar-refractivity contribution in [2.45, 2.75) is 19.8 Å². The Morgan fingerprint density at radius 1 is 1.43 bits per heavy atom. The van der Waals surface area contributed by atoms with Gasteiger partial charge in [0, 0.05) is 38.8 Å². The maximum Gasteiger partial charge on any atom is 0.329 e. The quantitative estimate of drug-likeness (QED) is 0.733. The summed E-state index contributed by atoms with van der Waals surface area (Å²) in [6.07, 6.45) is 0.748. The monoisotopic (exact) mass is 462 g/mol. The molecule has 1 aliphatic heterocycles. The second-order valence-electron chi connectivity index (χ2n) is 4.57. The number of hydrogen-bond donors (Lipinski definition) is 1. The van der Waals surface area contributed by atoms with Gasteiger partial charge in [-0.05, 0) is 12.0 Å². The Balaban J connectivity index is 0.00000161. The summed E-state index contributed by atoms with van der Waals surface area (Å²) >= 11 is 0. The van der Waals surface area contributed by atoms with Crippen LogP contribution in [0.2, 0.25) is 0 Å². The second-order valence-corrected chi connectivity index (χ2v) is 4.57. The van der Waals surface area contributed by atoms with E-state index in [4.69, 9.17) is 0 Å². The summed E-state index contributed by atoms with van der Waals surface area (Å²) in [6.45, 7) is 2.07. The molecule has 1 aliphatic rings. The largest absolute Gasteiger partial charge is 0.571 e. The first kappa shape index (κ1) is 15.6. The molecule has 8 heteroatoms. The van der Waals surface area contributed by atoms with Gasteiger partial charge in [-0.25, -0.2) is 9.18 Å². The van der Waals surface area contributed by atoms with E-state index in [1.54, 1.807) is 12.1 Å². The minimum absolute atomic E-state index is 0. The van der Waals surface area contributed by atoms with Gasteiger partial charge >= 0.3 is 6.03 Å². The van der Waals surface area contributed by atoms with Crippen LogP contribution < -0.4 is 15.3 Å². The molecule has 111 valence electrons. The summed E-state index contributed by atoms with van der Waals surface area (Å²) in [6, 6.07) is 2.82.